The van der Waals surface area contributed by atoms with Crippen molar-refractivity contribution in [1.82, 2.24) is 20.4 Å². The molecule has 2 N–H and O–H groups in total. The summed E-state index contributed by atoms with van der Waals surface area (Å²) in [6.07, 6.45) is 4.02. The number of hydrogen-bond acceptors (Lipinski definition) is 3. The van der Waals surface area contributed by atoms with Gasteiger partial charge in [0.2, 0.25) is 0 Å². The highest BCUT2D eigenvalue weighted by Gasteiger charge is 2.28. The summed E-state index contributed by atoms with van der Waals surface area (Å²) in [5, 5.41) is 10.5. The molecule has 0 aromatic carbocycles. The molecule has 0 saturated carbocycles. The topological polar surface area (TPSA) is 56.3 Å². The molecule has 6 heteroatoms. The number of aliphatic imine (C=N–C) groups is 1. The monoisotopic (exact) mass is 323 g/mol. The van der Waals surface area contributed by atoms with Crippen LogP contribution in [0.2, 0.25) is 0 Å². The Morgan fingerprint density at radius 3 is 3.00 bits per heavy atom. The Kier molecular flexibility index (Phi) is 6.17. The van der Waals surface area contributed by atoms with Gasteiger partial charge in [-0.15, -0.1) is 0 Å². The number of rotatable bonds is 5. The Morgan fingerprint density at radius 1 is 1.55 bits per heavy atom. The third-order valence-corrected chi connectivity index (χ3v) is 5.16. The maximum Gasteiger partial charge on any atom is 0.193 e. The molecule has 22 heavy (non-hydrogen) atoms. The second kappa shape index (κ2) is 7.90. The predicted octanol–water partition coefficient (Wildman–Crippen LogP) is 2.44. The summed E-state index contributed by atoms with van der Waals surface area (Å²) in [6, 6.07) is 0. The molecule has 2 rings (SSSR count). The molecular formula is C16H29N5S. The van der Waals surface area contributed by atoms with Crippen molar-refractivity contribution in [1.29, 1.82) is 0 Å². The minimum Gasteiger partial charge on any atom is -0.357 e. The van der Waals surface area contributed by atoms with Crippen LogP contribution >= 0.6 is 11.8 Å². The molecule has 0 unspecified atom stereocenters. The Bertz CT molecular complexity index is 494. The van der Waals surface area contributed by atoms with Crippen LogP contribution < -0.4 is 5.32 Å². The SMILES string of the molecule is CCNC(=NCCCc1cn[nH]c1C)N1CCSC(C)(C)C1. The molecule has 0 amide bonds. The zero-order chi connectivity index (χ0) is 16.0. The van der Waals surface area contributed by atoms with E-state index in [0.717, 1.165) is 45.0 Å². The lowest BCUT2D eigenvalue weighted by Gasteiger charge is -2.39. The van der Waals surface area contributed by atoms with E-state index < -0.39 is 0 Å². The molecule has 0 bridgehead atoms. The summed E-state index contributed by atoms with van der Waals surface area (Å²) in [5.74, 6) is 2.24. The van der Waals surface area contributed by atoms with E-state index in [2.05, 4.69) is 59.9 Å². The van der Waals surface area contributed by atoms with Crippen molar-refractivity contribution in [2.24, 2.45) is 4.99 Å². The van der Waals surface area contributed by atoms with Crippen molar-refractivity contribution in [3.05, 3.63) is 17.5 Å². The number of aryl methyl sites for hydroxylation is 2. The molecule has 2 heterocycles. The van der Waals surface area contributed by atoms with E-state index in [-0.39, 0.29) is 0 Å². The minimum atomic E-state index is 0.308. The third-order valence-electron chi connectivity index (χ3n) is 3.86. The average molecular weight is 324 g/mol. The van der Waals surface area contributed by atoms with Crippen molar-refractivity contribution in [3.63, 3.8) is 0 Å². The van der Waals surface area contributed by atoms with E-state index in [9.17, 15) is 0 Å². The summed E-state index contributed by atoms with van der Waals surface area (Å²) in [4.78, 5) is 7.23. The standard InChI is InChI=1S/C16H29N5S/c1-5-17-15(21-9-10-22-16(3,4)12-21)18-8-6-7-14-11-19-20-13(14)2/h11H,5-10,12H2,1-4H3,(H,17,18)(H,19,20). The first kappa shape index (κ1) is 17.2. The Balaban J connectivity index is 1.88. The van der Waals surface area contributed by atoms with Crippen LogP contribution in [0, 0.1) is 6.92 Å². The minimum absolute atomic E-state index is 0.308. The molecule has 1 saturated heterocycles. The van der Waals surface area contributed by atoms with E-state index in [1.165, 1.54) is 17.0 Å². The van der Waals surface area contributed by atoms with E-state index in [1.54, 1.807) is 0 Å². The first-order valence-electron chi connectivity index (χ1n) is 8.18. The lowest BCUT2D eigenvalue weighted by Crippen LogP contribution is -2.51. The molecular weight excluding hydrogens is 294 g/mol. The van der Waals surface area contributed by atoms with Gasteiger partial charge in [-0.05, 0) is 46.1 Å². The Hall–Kier alpha value is -1.17. The van der Waals surface area contributed by atoms with Gasteiger partial charge in [0.25, 0.3) is 0 Å². The predicted molar refractivity (Wildman–Crippen MR) is 95.7 cm³/mol. The van der Waals surface area contributed by atoms with E-state index in [4.69, 9.17) is 4.99 Å². The molecule has 1 aliphatic heterocycles. The summed E-state index contributed by atoms with van der Waals surface area (Å²) >= 11 is 2.05. The van der Waals surface area contributed by atoms with Crippen LogP contribution in [0.5, 0.6) is 0 Å². The highest BCUT2D eigenvalue weighted by atomic mass is 32.2. The second-order valence-electron chi connectivity index (χ2n) is 6.39. The zero-order valence-corrected chi connectivity index (χ0v) is 15.1. The van der Waals surface area contributed by atoms with Crippen molar-refractivity contribution >= 4 is 17.7 Å². The molecule has 1 fully saturated rings. The van der Waals surface area contributed by atoms with Gasteiger partial charge >= 0.3 is 0 Å². The van der Waals surface area contributed by atoms with Crippen LogP contribution in [0.1, 0.15) is 38.4 Å². The molecule has 5 nitrogen and oxygen atoms in total. The lowest BCUT2D eigenvalue weighted by atomic mass is 10.1. The second-order valence-corrected chi connectivity index (χ2v) is 8.19. The van der Waals surface area contributed by atoms with Gasteiger partial charge in [-0.2, -0.15) is 16.9 Å². The number of H-pyrrole nitrogens is 1. The number of aromatic amines is 1. The van der Waals surface area contributed by atoms with Crippen LogP contribution in [0.4, 0.5) is 0 Å². The Morgan fingerprint density at radius 2 is 2.36 bits per heavy atom. The van der Waals surface area contributed by atoms with Crippen molar-refractivity contribution < 1.29 is 0 Å². The quantitative estimate of drug-likeness (QED) is 0.496. The van der Waals surface area contributed by atoms with Gasteiger partial charge in [0, 0.05) is 42.4 Å². The molecule has 1 aromatic rings. The van der Waals surface area contributed by atoms with E-state index in [1.807, 2.05) is 6.20 Å². The summed E-state index contributed by atoms with van der Waals surface area (Å²) in [6.45, 7) is 12.8. The van der Waals surface area contributed by atoms with Crippen LogP contribution in [-0.2, 0) is 6.42 Å². The number of aromatic nitrogens is 2. The fourth-order valence-electron chi connectivity index (χ4n) is 2.71. The molecule has 0 aliphatic carbocycles. The molecule has 0 atom stereocenters. The summed E-state index contributed by atoms with van der Waals surface area (Å²) < 4.78 is 0.308. The summed E-state index contributed by atoms with van der Waals surface area (Å²) in [5.41, 5.74) is 2.47. The first-order chi connectivity index (χ1) is 10.5. The fraction of sp³-hybridized carbons (Fsp3) is 0.750. The Labute approximate surface area is 138 Å². The fourth-order valence-corrected chi connectivity index (χ4v) is 3.82. The summed E-state index contributed by atoms with van der Waals surface area (Å²) in [7, 11) is 0. The highest BCUT2D eigenvalue weighted by molar-refractivity contribution is 8.00. The van der Waals surface area contributed by atoms with Gasteiger partial charge in [0.15, 0.2) is 5.96 Å². The number of nitrogens with one attached hydrogen (secondary N) is 2. The van der Waals surface area contributed by atoms with Gasteiger partial charge in [0.1, 0.15) is 0 Å². The van der Waals surface area contributed by atoms with E-state index in [0.29, 0.717) is 4.75 Å². The molecule has 0 spiro atoms. The third kappa shape index (κ3) is 4.93. The van der Waals surface area contributed by atoms with Crippen LogP contribution in [-0.4, -0.2) is 57.7 Å². The maximum atomic E-state index is 4.82. The number of guanidine groups is 1. The maximum absolute atomic E-state index is 4.82. The number of thioether (sulfide) groups is 1. The first-order valence-corrected chi connectivity index (χ1v) is 9.16. The normalized spacial score (nSPS) is 18.5. The lowest BCUT2D eigenvalue weighted by molar-refractivity contribution is 0.376. The molecule has 0 radical (unpaired) electrons. The van der Waals surface area contributed by atoms with Gasteiger partial charge in [-0.3, -0.25) is 10.1 Å². The van der Waals surface area contributed by atoms with Crippen LogP contribution in [0.3, 0.4) is 0 Å². The van der Waals surface area contributed by atoms with Crippen molar-refractivity contribution in [2.75, 3.05) is 31.9 Å². The smallest absolute Gasteiger partial charge is 0.193 e. The van der Waals surface area contributed by atoms with Crippen LogP contribution in [0.25, 0.3) is 0 Å². The van der Waals surface area contributed by atoms with Gasteiger partial charge in [-0.1, -0.05) is 0 Å². The molecule has 124 valence electrons. The zero-order valence-electron chi connectivity index (χ0n) is 14.3. The number of hydrogen-bond donors (Lipinski definition) is 2. The highest BCUT2D eigenvalue weighted by Crippen LogP contribution is 2.29. The van der Waals surface area contributed by atoms with Gasteiger partial charge in [0.05, 0.1) is 6.20 Å². The van der Waals surface area contributed by atoms with Crippen LogP contribution in [0.15, 0.2) is 11.2 Å². The largest absolute Gasteiger partial charge is 0.357 e. The van der Waals surface area contributed by atoms with Crippen molar-refractivity contribution in [3.8, 4) is 0 Å². The average Bonchev–Trinajstić information content (AvgIpc) is 2.86. The molecule has 1 aliphatic rings. The van der Waals surface area contributed by atoms with Gasteiger partial charge in [-0.25, -0.2) is 0 Å². The van der Waals surface area contributed by atoms with Crippen molar-refractivity contribution in [2.45, 2.75) is 45.3 Å². The number of nitrogens with zero attached hydrogens (tertiary/aromatic N) is 3. The van der Waals surface area contributed by atoms with E-state index >= 15 is 0 Å². The molecule has 1 aromatic heterocycles. The van der Waals surface area contributed by atoms with Gasteiger partial charge < -0.3 is 10.2 Å².